The van der Waals surface area contributed by atoms with Crippen LogP contribution < -0.4 is 4.74 Å². The first kappa shape index (κ1) is 14.7. The summed E-state index contributed by atoms with van der Waals surface area (Å²) < 4.78 is 6.97. The van der Waals surface area contributed by atoms with Crippen LogP contribution in [0, 0.1) is 5.92 Å². The standard InChI is InChI=1S/C20H16BrO/c21-19-11-6-12-20(14-19)22-15-18(13-16-7-4-5-8-16)17-9-2-1-3-10-17/h1-14H,15H2/q-1. The van der Waals surface area contributed by atoms with Crippen LogP contribution in [0.2, 0.25) is 0 Å². The predicted octanol–water partition coefficient (Wildman–Crippen LogP) is 5.50. The lowest BCUT2D eigenvalue weighted by atomic mass is 9.97. The third-order valence-electron chi connectivity index (χ3n) is 3.36. The van der Waals surface area contributed by atoms with Crippen molar-refractivity contribution in [2.24, 2.45) is 0 Å². The Bertz CT molecular complexity index is 699. The quantitative estimate of drug-likeness (QED) is 0.646. The summed E-state index contributed by atoms with van der Waals surface area (Å²) in [6, 6.07) is 18.3. The van der Waals surface area contributed by atoms with Gasteiger partial charge in [0.2, 0.25) is 0 Å². The zero-order chi connectivity index (χ0) is 15.2. The second kappa shape index (κ2) is 7.19. The zero-order valence-electron chi connectivity index (χ0n) is 12.1. The predicted molar refractivity (Wildman–Crippen MR) is 94.8 cm³/mol. The minimum atomic E-state index is 0.533. The fourth-order valence-corrected chi connectivity index (χ4v) is 2.64. The molecule has 0 heterocycles. The maximum absolute atomic E-state index is 5.95. The van der Waals surface area contributed by atoms with Crippen molar-refractivity contribution in [2.45, 2.75) is 0 Å². The number of benzene rings is 2. The Kier molecular flexibility index (Phi) is 4.81. The molecule has 110 valence electrons. The molecule has 1 aliphatic carbocycles. The van der Waals surface area contributed by atoms with Crippen molar-refractivity contribution < 1.29 is 4.74 Å². The number of hydrogen-bond donors (Lipinski definition) is 0. The Morgan fingerprint density at radius 2 is 1.73 bits per heavy atom. The highest BCUT2D eigenvalue weighted by Gasteiger charge is 2.04. The van der Waals surface area contributed by atoms with Gasteiger partial charge in [-0.15, -0.1) is 35.9 Å². The SMILES string of the molecule is Brc1cccc(OC[C-](C=C2C=CC=C2)c2ccccc2)c1. The van der Waals surface area contributed by atoms with Crippen LogP contribution in [0.1, 0.15) is 5.56 Å². The van der Waals surface area contributed by atoms with Gasteiger partial charge < -0.3 is 4.74 Å². The molecule has 1 aliphatic rings. The van der Waals surface area contributed by atoms with Crippen molar-refractivity contribution in [3.63, 3.8) is 0 Å². The van der Waals surface area contributed by atoms with E-state index in [-0.39, 0.29) is 0 Å². The highest BCUT2D eigenvalue weighted by molar-refractivity contribution is 9.10. The van der Waals surface area contributed by atoms with E-state index in [0.29, 0.717) is 6.61 Å². The second-order valence-electron chi connectivity index (χ2n) is 5.00. The van der Waals surface area contributed by atoms with E-state index in [4.69, 9.17) is 4.74 Å². The highest BCUT2D eigenvalue weighted by atomic mass is 79.9. The van der Waals surface area contributed by atoms with E-state index in [9.17, 15) is 0 Å². The smallest absolute Gasteiger partial charge is 0.119 e. The molecule has 0 saturated heterocycles. The van der Waals surface area contributed by atoms with Crippen molar-refractivity contribution in [2.75, 3.05) is 6.61 Å². The van der Waals surface area contributed by atoms with Gasteiger partial charge in [-0.2, -0.15) is 0 Å². The maximum atomic E-state index is 5.95. The average molecular weight is 352 g/mol. The van der Waals surface area contributed by atoms with Crippen LogP contribution in [0.25, 0.3) is 0 Å². The molecule has 2 heteroatoms. The fourth-order valence-electron chi connectivity index (χ4n) is 2.26. The van der Waals surface area contributed by atoms with Crippen LogP contribution in [-0.2, 0) is 0 Å². The van der Waals surface area contributed by atoms with Crippen LogP contribution >= 0.6 is 15.9 Å². The molecule has 0 atom stereocenters. The summed E-state index contributed by atoms with van der Waals surface area (Å²) in [6.07, 6.45) is 10.5. The molecule has 0 aromatic heterocycles. The third kappa shape index (κ3) is 3.92. The molecular formula is C20H16BrO-. The lowest BCUT2D eigenvalue weighted by Crippen LogP contribution is -2.09. The molecule has 0 amide bonds. The Balaban J connectivity index is 1.78. The van der Waals surface area contributed by atoms with Crippen molar-refractivity contribution in [3.8, 4) is 5.75 Å². The Labute approximate surface area is 139 Å². The third-order valence-corrected chi connectivity index (χ3v) is 3.86. The normalized spacial score (nSPS) is 12.5. The van der Waals surface area contributed by atoms with Crippen LogP contribution in [0.4, 0.5) is 0 Å². The van der Waals surface area contributed by atoms with E-state index in [2.05, 4.69) is 46.3 Å². The van der Waals surface area contributed by atoms with Crippen LogP contribution in [-0.4, -0.2) is 6.61 Å². The van der Waals surface area contributed by atoms with Crippen molar-refractivity contribution in [3.05, 3.63) is 107 Å². The van der Waals surface area contributed by atoms with E-state index < -0.39 is 0 Å². The van der Waals surface area contributed by atoms with Gasteiger partial charge in [-0.05, 0) is 18.2 Å². The number of ether oxygens (including phenoxy) is 1. The van der Waals surface area contributed by atoms with E-state index in [1.165, 1.54) is 11.1 Å². The number of allylic oxidation sites excluding steroid dienone is 5. The molecule has 1 nitrogen and oxygen atoms in total. The molecule has 0 unspecified atom stereocenters. The van der Waals surface area contributed by atoms with Gasteiger partial charge in [0, 0.05) is 4.47 Å². The van der Waals surface area contributed by atoms with E-state index in [0.717, 1.165) is 16.1 Å². The van der Waals surface area contributed by atoms with Gasteiger partial charge in [-0.25, -0.2) is 0 Å². The summed E-state index contributed by atoms with van der Waals surface area (Å²) in [4.78, 5) is 0. The first-order valence-corrected chi connectivity index (χ1v) is 7.97. The van der Waals surface area contributed by atoms with Gasteiger partial charge in [0.05, 0.1) is 6.61 Å². The van der Waals surface area contributed by atoms with Gasteiger partial charge in [-0.1, -0.05) is 63.9 Å². The van der Waals surface area contributed by atoms with E-state index >= 15 is 0 Å². The highest BCUT2D eigenvalue weighted by Crippen LogP contribution is 2.23. The molecule has 0 fully saturated rings. The summed E-state index contributed by atoms with van der Waals surface area (Å²) in [5.41, 5.74) is 2.37. The molecule has 2 aromatic carbocycles. The summed E-state index contributed by atoms with van der Waals surface area (Å²) >= 11 is 3.47. The molecule has 0 N–H and O–H groups in total. The molecular weight excluding hydrogens is 336 g/mol. The van der Waals surface area contributed by atoms with Gasteiger partial charge in [0.15, 0.2) is 0 Å². The van der Waals surface area contributed by atoms with Crippen LogP contribution in [0.5, 0.6) is 5.75 Å². The fraction of sp³-hybridized carbons (Fsp3) is 0.0500. The summed E-state index contributed by atoms with van der Waals surface area (Å²) in [7, 11) is 0. The monoisotopic (exact) mass is 351 g/mol. The Hall–Kier alpha value is -2.19. The zero-order valence-corrected chi connectivity index (χ0v) is 13.7. The van der Waals surface area contributed by atoms with Gasteiger partial charge in [0.1, 0.15) is 5.75 Å². The average Bonchev–Trinajstić information content (AvgIpc) is 3.05. The molecule has 0 saturated carbocycles. The van der Waals surface area contributed by atoms with Gasteiger partial charge in [-0.3, -0.25) is 0 Å². The van der Waals surface area contributed by atoms with Crippen molar-refractivity contribution >= 4 is 15.9 Å². The first-order chi connectivity index (χ1) is 10.8. The lowest BCUT2D eigenvalue weighted by Gasteiger charge is -2.22. The molecule has 2 aromatic rings. The Morgan fingerprint density at radius 3 is 2.45 bits per heavy atom. The van der Waals surface area contributed by atoms with Gasteiger partial charge in [0.25, 0.3) is 0 Å². The lowest BCUT2D eigenvalue weighted by molar-refractivity contribution is 0.341. The molecule has 0 spiro atoms. The largest absolute Gasteiger partial charge is 0.498 e. The summed E-state index contributed by atoms with van der Waals surface area (Å²) in [5.74, 6) is 2.02. The van der Waals surface area contributed by atoms with Crippen LogP contribution in [0.15, 0.2) is 95.0 Å². The molecule has 0 aliphatic heterocycles. The van der Waals surface area contributed by atoms with Gasteiger partial charge >= 0.3 is 0 Å². The minimum absolute atomic E-state index is 0.533. The number of halogens is 1. The van der Waals surface area contributed by atoms with Crippen LogP contribution in [0.3, 0.4) is 0 Å². The van der Waals surface area contributed by atoms with Crippen molar-refractivity contribution in [1.82, 2.24) is 0 Å². The molecule has 22 heavy (non-hydrogen) atoms. The molecule has 3 rings (SSSR count). The topological polar surface area (TPSA) is 9.23 Å². The number of rotatable bonds is 5. The summed E-state index contributed by atoms with van der Waals surface area (Å²) in [5, 5.41) is 0. The maximum Gasteiger partial charge on any atom is 0.119 e. The van der Waals surface area contributed by atoms with E-state index in [1.54, 1.807) is 0 Å². The van der Waals surface area contributed by atoms with E-state index in [1.807, 2.05) is 54.6 Å². The number of hydrogen-bond acceptors (Lipinski definition) is 1. The first-order valence-electron chi connectivity index (χ1n) is 7.17. The second-order valence-corrected chi connectivity index (χ2v) is 5.92. The minimum Gasteiger partial charge on any atom is -0.498 e. The van der Waals surface area contributed by atoms with Crippen molar-refractivity contribution in [1.29, 1.82) is 0 Å². The molecule has 0 bridgehead atoms. The molecule has 0 radical (unpaired) electrons. The summed E-state index contributed by atoms with van der Waals surface area (Å²) in [6.45, 7) is 0.533. The Morgan fingerprint density at radius 1 is 0.955 bits per heavy atom.